The van der Waals surface area contributed by atoms with E-state index in [0.717, 1.165) is 15.7 Å². The summed E-state index contributed by atoms with van der Waals surface area (Å²) in [7, 11) is -0.341. The fourth-order valence-electron chi connectivity index (χ4n) is 1.96. The molecule has 0 aromatic carbocycles. The van der Waals surface area contributed by atoms with Crippen molar-refractivity contribution in [2.24, 2.45) is 0 Å². The summed E-state index contributed by atoms with van der Waals surface area (Å²) >= 11 is 0. The highest BCUT2D eigenvalue weighted by Gasteiger charge is 2.25. The molecule has 0 spiro atoms. The van der Waals surface area contributed by atoms with Crippen LogP contribution in [0.4, 0.5) is 0 Å². The fourth-order valence-corrected chi connectivity index (χ4v) is 2.69. The molecular formula is C11H19N5O3S. The van der Waals surface area contributed by atoms with E-state index in [9.17, 15) is 13.2 Å². The number of hydrogen-bond donors (Lipinski definition) is 3. The first-order chi connectivity index (χ1) is 9.40. The Kier molecular flexibility index (Phi) is 4.41. The van der Waals surface area contributed by atoms with Crippen molar-refractivity contribution in [2.45, 2.75) is 19.0 Å². The molecule has 112 valence electrons. The second-order valence-corrected chi connectivity index (χ2v) is 7.16. The predicted octanol–water partition coefficient (Wildman–Crippen LogP) is -1.57. The van der Waals surface area contributed by atoms with Crippen LogP contribution in [0, 0.1) is 0 Å². The van der Waals surface area contributed by atoms with Gasteiger partial charge in [-0.1, -0.05) is 0 Å². The lowest BCUT2D eigenvalue weighted by Crippen LogP contribution is -2.48. The van der Waals surface area contributed by atoms with Crippen LogP contribution < -0.4 is 10.6 Å². The number of imidazole rings is 1. The zero-order valence-corrected chi connectivity index (χ0v) is 12.3. The van der Waals surface area contributed by atoms with Gasteiger partial charge in [0.2, 0.25) is 15.9 Å². The average molecular weight is 301 g/mol. The highest BCUT2D eigenvalue weighted by atomic mass is 32.2. The van der Waals surface area contributed by atoms with Crippen LogP contribution in [0.5, 0.6) is 0 Å². The predicted molar refractivity (Wildman–Crippen MR) is 73.4 cm³/mol. The standard InChI is InChI=1S/C11H19N5O3S/c1-16(2)20(18,19)4-3-12-11(17)9-5-8-10(6-13-9)15-7-14-8/h7,9,13H,3-6H2,1-2H3,(H,12,17)(H,14,15). The summed E-state index contributed by atoms with van der Waals surface area (Å²) in [6.45, 7) is 0.661. The molecule has 0 radical (unpaired) electrons. The number of aromatic nitrogens is 2. The lowest BCUT2D eigenvalue weighted by atomic mass is 10.1. The smallest absolute Gasteiger partial charge is 0.237 e. The molecule has 1 amide bonds. The van der Waals surface area contributed by atoms with E-state index in [1.807, 2.05) is 0 Å². The molecule has 1 aromatic rings. The van der Waals surface area contributed by atoms with Crippen LogP contribution in [0.15, 0.2) is 6.33 Å². The van der Waals surface area contributed by atoms with Crippen molar-refractivity contribution in [3.05, 3.63) is 17.7 Å². The third-order valence-electron chi connectivity index (χ3n) is 3.26. The zero-order chi connectivity index (χ0) is 14.8. The Morgan fingerprint density at radius 3 is 3.00 bits per heavy atom. The number of carbonyl (C=O) groups is 1. The van der Waals surface area contributed by atoms with Crippen molar-refractivity contribution in [2.75, 3.05) is 26.4 Å². The van der Waals surface area contributed by atoms with Crippen molar-refractivity contribution in [3.8, 4) is 0 Å². The molecule has 1 atom stereocenters. The number of amides is 1. The third kappa shape index (κ3) is 3.35. The Morgan fingerprint density at radius 2 is 2.30 bits per heavy atom. The number of aromatic amines is 1. The molecule has 2 rings (SSSR count). The van der Waals surface area contributed by atoms with E-state index in [0.29, 0.717) is 13.0 Å². The van der Waals surface area contributed by atoms with Crippen molar-refractivity contribution in [1.82, 2.24) is 24.9 Å². The van der Waals surface area contributed by atoms with Crippen LogP contribution in [0.25, 0.3) is 0 Å². The number of carbonyl (C=O) groups excluding carboxylic acids is 1. The summed E-state index contributed by atoms with van der Waals surface area (Å²) in [6, 6.07) is -0.368. The quantitative estimate of drug-likeness (QED) is 0.609. The monoisotopic (exact) mass is 301 g/mol. The van der Waals surface area contributed by atoms with Crippen LogP contribution in [0.3, 0.4) is 0 Å². The summed E-state index contributed by atoms with van der Waals surface area (Å²) in [5.41, 5.74) is 1.87. The largest absolute Gasteiger partial charge is 0.354 e. The van der Waals surface area contributed by atoms with Crippen LogP contribution in [-0.4, -0.2) is 61.0 Å². The molecule has 0 fully saturated rings. The Labute approximate surface area is 118 Å². The first kappa shape index (κ1) is 14.9. The number of sulfonamides is 1. The summed E-state index contributed by atoms with van der Waals surface area (Å²) in [6.07, 6.45) is 2.11. The van der Waals surface area contributed by atoms with Gasteiger partial charge in [-0.2, -0.15) is 0 Å². The van der Waals surface area contributed by atoms with Gasteiger partial charge >= 0.3 is 0 Å². The molecule has 1 aromatic heterocycles. The minimum atomic E-state index is -3.28. The molecule has 1 unspecified atom stereocenters. The Morgan fingerprint density at radius 1 is 1.55 bits per heavy atom. The maximum Gasteiger partial charge on any atom is 0.237 e. The van der Waals surface area contributed by atoms with E-state index in [1.165, 1.54) is 14.1 Å². The van der Waals surface area contributed by atoms with Gasteiger partial charge in [0.15, 0.2) is 0 Å². The maximum atomic E-state index is 12.0. The van der Waals surface area contributed by atoms with E-state index < -0.39 is 10.0 Å². The summed E-state index contributed by atoms with van der Waals surface area (Å²) in [4.78, 5) is 19.1. The van der Waals surface area contributed by atoms with Gasteiger partial charge in [-0.15, -0.1) is 0 Å². The molecule has 9 heteroatoms. The molecule has 1 aliphatic rings. The first-order valence-electron chi connectivity index (χ1n) is 6.32. The highest BCUT2D eigenvalue weighted by molar-refractivity contribution is 7.89. The summed E-state index contributed by atoms with van der Waals surface area (Å²) < 4.78 is 24.3. The third-order valence-corrected chi connectivity index (χ3v) is 5.10. The van der Waals surface area contributed by atoms with Gasteiger partial charge in [0, 0.05) is 33.6 Å². The SMILES string of the molecule is CN(C)S(=O)(=O)CCNC(=O)C1Cc2nc[nH]c2CN1. The van der Waals surface area contributed by atoms with Crippen molar-refractivity contribution >= 4 is 15.9 Å². The van der Waals surface area contributed by atoms with Gasteiger partial charge < -0.3 is 10.3 Å². The minimum absolute atomic E-state index is 0.102. The average Bonchev–Trinajstić information content (AvgIpc) is 2.85. The van der Waals surface area contributed by atoms with Crippen LogP contribution in [0.2, 0.25) is 0 Å². The number of hydrogen-bond acceptors (Lipinski definition) is 5. The minimum Gasteiger partial charge on any atom is -0.354 e. The van der Waals surface area contributed by atoms with Crippen molar-refractivity contribution in [3.63, 3.8) is 0 Å². The maximum absolute atomic E-state index is 12.0. The van der Waals surface area contributed by atoms with Crippen LogP contribution >= 0.6 is 0 Å². The van der Waals surface area contributed by atoms with E-state index in [4.69, 9.17) is 0 Å². The van der Waals surface area contributed by atoms with Crippen molar-refractivity contribution in [1.29, 1.82) is 0 Å². The van der Waals surface area contributed by atoms with E-state index in [2.05, 4.69) is 20.6 Å². The molecule has 8 nitrogen and oxygen atoms in total. The summed E-state index contributed by atoms with van der Waals surface area (Å²) in [5, 5.41) is 5.73. The van der Waals surface area contributed by atoms with Gasteiger partial charge in [0.25, 0.3) is 0 Å². The van der Waals surface area contributed by atoms with E-state index in [-0.39, 0.29) is 24.2 Å². The molecule has 2 heterocycles. The van der Waals surface area contributed by atoms with Crippen LogP contribution in [-0.2, 0) is 27.8 Å². The lowest BCUT2D eigenvalue weighted by Gasteiger charge is -2.22. The molecule has 0 saturated carbocycles. The molecule has 20 heavy (non-hydrogen) atoms. The topological polar surface area (TPSA) is 107 Å². The lowest BCUT2D eigenvalue weighted by molar-refractivity contribution is -0.123. The second-order valence-electron chi connectivity index (χ2n) is 4.85. The Hall–Kier alpha value is -1.45. The first-order valence-corrected chi connectivity index (χ1v) is 7.93. The molecule has 0 bridgehead atoms. The van der Waals surface area contributed by atoms with Gasteiger partial charge in [-0.05, 0) is 0 Å². The Balaban J connectivity index is 1.82. The molecule has 1 aliphatic heterocycles. The van der Waals surface area contributed by atoms with Gasteiger partial charge in [-0.3, -0.25) is 10.1 Å². The molecular weight excluding hydrogens is 282 g/mol. The van der Waals surface area contributed by atoms with Crippen molar-refractivity contribution < 1.29 is 13.2 Å². The van der Waals surface area contributed by atoms with Gasteiger partial charge in [0.1, 0.15) is 0 Å². The molecule has 0 aliphatic carbocycles. The number of nitrogens with zero attached hydrogens (tertiary/aromatic N) is 2. The second kappa shape index (κ2) is 5.90. The number of rotatable bonds is 5. The van der Waals surface area contributed by atoms with E-state index in [1.54, 1.807) is 6.33 Å². The van der Waals surface area contributed by atoms with Gasteiger partial charge in [0.05, 0.1) is 29.5 Å². The molecule has 0 saturated heterocycles. The van der Waals surface area contributed by atoms with Gasteiger partial charge in [-0.25, -0.2) is 17.7 Å². The highest BCUT2D eigenvalue weighted by Crippen LogP contribution is 2.11. The van der Waals surface area contributed by atoms with Crippen LogP contribution in [0.1, 0.15) is 11.4 Å². The number of fused-ring (bicyclic) bond motifs is 1. The number of nitrogens with one attached hydrogen (secondary N) is 3. The Bertz CT molecular complexity index is 581. The normalized spacial score (nSPS) is 18.9. The number of H-pyrrole nitrogens is 1. The van der Waals surface area contributed by atoms with E-state index >= 15 is 0 Å². The summed E-state index contributed by atoms with van der Waals surface area (Å²) in [5.74, 6) is -0.306. The zero-order valence-electron chi connectivity index (χ0n) is 11.5. The fraction of sp³-hybridized carbons (Fsp3) is 0.636. The molecule has 3 N–H and O–H groups in total.